The van der Waals surface area contributed by atoms with Gasteiger partial charge in [-0.25, -0.2) is 20.1 Å². The van der Waals surface area contributed by atoms with Crippen LogP contribution in [-0.2, 0) is 21.1 Å². The van der Waals surface area contributed by atoms with Crippen molar-refractivity contribution < 1.29 is 22.4 Å². The largest absolute Gasteiger partial charge is 0.488 e. The third-order valence-corrected chi connectivity index (χ3v) is 6.57. The molecule has 0 radical (unpaired) electrons. The lowest BCUT2D eigenvalue weighted by molar-refractivity contribution is 0.101. The maximum absolute atomic E-state index is 11.1. The summed E-state index contributed by atoms with van der Waals surface area (Å²) in [5.41, 5.74) is 2.94. The van der Waals surface area contributed by atoms with Gasteiger partial charge in [0.2, 0.25) is 0 Å². The van der Waals surface area contributed by atoms with Crippen molar-refractivity contribution in [2.75, 3.05) is 11.9 Å². The fourth-order valence-electron chi connectivity index (χ4n) is 4.36. The van der Waals surface area contributed by atoms with Gasteiger partial charge in [0, 0.05) is 12.0 Å². The van der Waals surface area contributed by atoms with Gasteiger partial charge in [-0.3, -0.25) is 4.18 Å². The number of imidazole rings is 1. The van der Waals surface area contributed by atoms with Crippen LogP contribution < -0.4 is 15.2 Å². The summed E-state index contributed by atoms with van der Waals surface area (Å²) in [4.78, 5) is 16.6. The summed E-state index contributed by atoms with van der Waals surface area (Å²) < 4.78 is 32.9. The number of anilines is 1. The van der Waals surface area contributed by atoms with Gasteiger partial charge in [0.05, 0.1) is 18.3 Å². The van der Waals surface area contributed by atoms with E-state index in [1.165, 1.54) is 6.33 Å². The van der Waals surface area contributed by atoms with Crippen LogP contribution in [0, 0.1) is 5.92 Å². The predicted octanol–water partition coefficient (Wildman–Crippen LogP) is 2.37. The van der Waals surface area contributed by atoms with E-state index in [0.717, 1.165) is 11.1 Å². The SMILES string of the molecule is NS(=O)(=O)OC[C@@H]1C[C@@H](Nc2ncnc3[nH]c(-c4ccccc4OCc4ccccc4)nc23)C[C@@H]1O. The smallest absolute Gasteiger partial charge is 0.333 e. The molecule has 5 rings (SSSR count). The molecule has 2 aromatic heterocycles. The molecular formula is C24H26N6O5S. The average molecular weight is 511 g/mol. The monoisotopic (exact) mass is 510 g/mol. The van der Waals surface area contributed by atoms with E-state index in [4.69, 9.17) is 14.9 Å². The molecule has 2 heterocycles. The Kier molecular flexibility index (Phi) is 6.83. The van der Waals surface area contributed by atoms with Crippen LogP contribution in [0.5, 0.6) is 5.75 Å². The van der Waals surface area contributed by atoms with Crippen molar-refractivity contribution in [1.29, 1.82) is 0 Å². The van der Waals surface area contributed by atoms with Gasteiger partial charge in [0.25, 0.3) is 0 Å². The third-order valence-electron chi connectivity index (χ3n) is 6.11. The molecule has 4 aromatic rings. The molecule has 5 N–H and O–H groups in total. The number of nitrogens with one attached hydrogen (secondary N) is 2. The molecule has 0 spiro atoms. The third kappa shape index (κ3) is 5.62. The highest BCUT2D eigenvalue weighted by Gasteiger charge is 2.34. The Balaban J connectivity index is 1.34. The summed E-state index contributed by atoms with van der Waals surface area (Å²) in [7, 11) is -4.06. The predicted molar refractivity (Wildman–Crippen MR) is 133 cm³/mol. The van der Waals surface area contributed by atoms with Crippen LogP contribution in [0.4, 0.5) is 5.82 Å². The molecule has 188 valence electrons. The fourth-order valence-corrected chi connectivity index (χ4v) is 4.72. The Hall–Kier alpha value is -3.58. The van der Waals surface area contributed by atoms with Crippen molar-refractivity contribution in [2.24, 2.45) is 11.1 Å². The molecular weight excluding hydrogens is 484 g/mol. The number of aliphatic hydroxyl groups is 1. The van der Waals surface area contributed by atoms with Crippen LogP contribution in [0.1, 0.15) is 18.4 Å². The minimum absolute atomic E-state index is 0.158. The molecule has 0 unspecified atom stereocenters. The van der Waals surface area contributed by atoms with Gasteiger partial charge in [0.1, 0.15) is 24.5 Å². The molecule has 3 atom stereocenters. The zero-order chi connectivity index (χ0) is 25.1. The molecule has 0 aliphatic heterocycles. The minimum Gasteiger partial charge on any atom is -0.488 e. The van der Waals surface area contributed by atoms with E-state index in [0.29, 0.717) is 48.0 Å². The highest BCUT2D eigenvalue weighted by Crippen LogP contribution is 2.33. The number of hydrogen-bond acceptors (Lipinski definition) is 9. The first-order chi connectivity index (χ1) is 17.4. The Morgan fingerprint density at radius 1 is 1.08 bits per heavy atom. The van der Waals surface area contributed by atoms with E-state index < -0.39 is 16.4 Å². The summed E-state index contributed by atoms with van der Waals surface area (Å²) >= 11 is 0. The molecule has 0 bridgehead atoms. The second-order valence-corrected chi connectivity index (χ2v) is 9.91. The normalized spacial score (nSPS) is 20.0. The molecule has 12 heteroatoms. The maximum Gasteiger partial charge on any atom is 0.333 e. The molecule has 1 fully saturated rings. The van der Waals surface area contributed by atoms with E-state index in [1.807, 2.05) is 54.6 Å². The van der Waals surface area contributed by atoms with Gasteiger partial charge in [-0.05, 0) is 30.5 Å². The lowest BCUT2D eigenvalue weighted by Gasteiger charge is -2.13. The number of nitrogens with two attached hydrogens (primary N) is 1. The van der Waals surface area contributed by atoms with Crippen molar-refractivity contribution in [3.8, 4) is 17.1 Å². The fraction of sp³-hybridized carbons (Fsp3) is 0.292. The van der Waals surface area contributed by atoms with Gasteiger partial charge in [-0.1, -0.05) is 42.5 Å². The van der Waals surface area contributed by atoms with Gasteiger partial charge in [-0.2, -0.15) is 8.42 Å². The zero-order valence-corrected chi connectivity index (χ0v) is 20.1. The molecule has 11 nitrogen and oxygen atoms in total. The number of fused-ring (bicyclic) bond motifs is 1. The van der Waals surface area contributed by atoms with Crippen LogP contribution in [0.15, 0.2) is 60.9 Å². The van der Waals surface area contributed by atoms with Gasteiger partial charge < -0.3 is 20.1 Å². The quantitative estimate of drug-likeness (QED) is 0.264. The first-order valence-electron chi connectivity index (χ1n) is 11.4. The standard InChI is InChI=1S/C24H26N6O5S/c25-36(32,33)35-13-16-10-17(11-19(16)31)28-23-21-24(27-14-26-23)30-22(29-21)18-8-4-5-9-20(18)34-12-15-6-2-1-3-7-15/h1-9,14,16-17,19,31H,10-13H2,(H2,25,32,33)(H2,26,27,28,29,30)/t16-,17+,19-/m0/s1. The summed E-state index contributed by atoms with van der Waals surface area (Å²) in [5.74, 6) is 1.40. The van der Waals surface area contributed by atoms with Gasteiger partial charge in [0.15, 0.2) is 17.0 Å². The number of H-pyrrole nitrogens is 1. The van der Waals surface area contributed by atoms with Crippen LogP contribution >= 0.6 is 0 Å². The summed E-state index contributed by atoms with van der Waals surface area (Å²) in [5, 5.41) is 18.5. The van der Waals surface area contributed by atoms with E-state index in [-0.39, 0.29) is 18.6 Å². The first-order valence-corrected chi connectivity index (χ1v) is 12.9. The van der Waals surface area contributed by atoms with E-state index in [1.54, 1.807) is 0 Å². The second kappa shape index (κ2) is 10.2. The highest BCUT2D eigenvalue weighted by atomic mass is 32.2. The zero-order valence-electron chi connectivity index (χ0n) is 19.2. The average Bonchev–Trinajstić information content (AvgIpc) is 3.45. The Morgan fingerprint density at radius 3 is 2.67 bits per heavy atom. The van der Waals surface area contributed by atoms with E-state index >= 15 is 0 Å². The molecule has 36 heavy (non-hydrogen) atoms. The number of hydrogen-bond donors (Lipinski definition) is 4. The van der Waals surface area contributed by atoms with Crippen molar-refractivity contribution in [3.63, 3.8) is 0 Å². The Bertz CT molecular complexity index is 1450. The lowest BCUT2D eigenvalue weighted by Crippen LogP contribution is -2.24. The highest BCUT2D eigenvalue weighted by molar-refractivity contribution is 7.84. The molecule has 1 saturated carbocycles. The van der Waals surface area contributed by atoms with Crippen molar-refractivity contribution in [1.82, 2.24) is 19.9 Å². The van der Waals surface area contributed by atoms with Crippen molar-refractivity contribution in [3.05, 3.63) is 66.5 Å². The van der Waals surface area contributed by atoms with Gasteiger partial charge in [-0.15, -0.1) is 0 Å². The van der Waals surface area contributed by atoms with Crippen LogP contribution in [0.2, 0.25) is 0 Å². The second-order valence-electron chi connectivity index (χ2n) is 8.69. The minimum atomic E-state index is -4.06. The summed E-state index contributed by atoms with van der Waals surface area (Å²) in [6.07, 6.45) is 1.58. The number of ether oxygens (including phenoxy) is 1. The topological polar surface area (TPSA) is 165 Å². The van der Waals surface area contributed by atoms with Crippen molar-refractivity contribution >= 4 is 27.3 Å². The number of nitrogens with zero attached hydrogens (tertiary/aromatic N) is 3. The Labute approximate surface area is 208 Å². The number of aliphatic hydroxyl groups excluding tert-OH is 1. The molecule has 0 amide bonds. The van der Waals surface area contributed by atoms with Crippen molar-refractivity contribution in [2.45, 2.75) is 31.6 Å². The van der Waals surface area contributed by atoms with E-state index in [9.17, 15) is 13.5 Å². The maximum atomic E-state index is 11.1. The Morgan fingerprint density at radius 2 is 1.86 bits per heavy atom. The summed E-state index contributed by atoms with van der Waals surface area (Å²) in [6, 6.07) is 17.4. The van der Waals surface area contributed by atoms with Crippen LogP contribution in [0.3, 0.4) is 0 Å². The van der Waals surface area contributed by atoms with E-state index in [2.05, 4.69) is 24.5 Å². The van der Waals surface area contributed by atoms with Crippen LogP contribution in [0.25, 0.3) is 22.6 Å². The number of rotatable bonds is 9. The van der Waals surface area contributed by atoms with Crippen LogP contribution in [-0.4, -0.2) is 52.2 Å². The first kappa shape index (κ1) is 24.1. The molecule has 1 aliphatic carbocycles. The molecule has 1 aliphatic rings. The number of aromatic amines is 1. The lowest BCUT2D eigenvalue weighted by atomic mass is 10.1. The number of aromatic nitrogens is 4. The molecule has 0 saturated heterocycles. The number of benzene rings is 2. The van der Waals surface area contributed by atoms with Gasteiger partial charge >= 0.3 is 10.3 Å². The summed E-state index contributed by atoms with van der Waals surface area (Å²) in [6.45, 7) is 0.245. The molecule has 2 aromatic carbocycles. The number of para-hydroxylation sites is 1.